The van der Waals surface area contributed by atoms with Crippen LogP contribution in [0.2, 0.25) is 0 Å². The highest BCUT2D eigenvalue weighted by Crippen LogP contribution is 2.40. The molecule has 1 atom stereocenters. The molecule has 0 radical (unpaired) electrons. The summed E-state index contributed by atoms with van der Waals surface area (Å²) in [7, 11) is 0. The van der Waals surface area contributed by atoms with Gasteiger partial charge in [0.15, 0.2) is 17.3 Å². The number of fused-ring (bicyclic) bond motifs is 1. The third-order valence-electron chi connectivity index (χ3n) is 3.50. The Bertz CT molecular complexity index is 468. The number of ether oxygens (including phenoxy) is 2. The van der Waals surface area contributed by atoms with Crippen molar-refractivity contribution in [3.8, 4) is 11.5 Å². The van der Waals surface area contributed by atoms with Crippen LogP contribution < -0.4 is 9.47 Å². The number of benzene rings is 1. The molecule has 0 amide bonds. The van der Waals surface area contributed by atoms with E-state index in [4.69, 9.17) is 9.47 Å². The largest absolute Gasteiger partial charge is 0.454 e. The molecule has 17 heavy (non-hydrogen) atoms. The summed E-state index contributed by atoms with van der Waals surface area (Å²) in [5.74, 6) is 1.18. The topological polar surface area (TPSA) is 55.8 Å². The number of ketones is 1. The lowest BCUT2D eigenvalue weighted by Gasteiger charge is -2.30. The summed E-state index contributed by atoms with van der Waals surface area (Å²) in [5, 5.41) is 10.5. The van der Waals surface area contributed by atoms with Crippen molar-refractivity contribution in [1.82, 2.24) is 0 Å². The van der Waals surface area contributed by atoms with Gasteiger partial charge in [-0.15, -0.1) is 0 Å². The summed E-state index contributed by atoms with van der Waals surface area (Å²) in [6, 6.07) is 5.21. The van der Waals surface area contributed by atoms with Crippen LogP contribution in [0.4, 0.5) is 0 Å². The second-order valence-corrected chi connectivity index (χ2v) is 4.56. The Morgan fingerprint density at radius 1 is 1.18 bits per heavy atom. The fourth-order valence-electron chi connectivity index (χ4n) is 2.47. The maximum Gasteiger partial charge on any atom is 0.231 e. The minimum Gasteiger partial charge on any atom is -0.454 e. The number of carbonyl (C=O) groups is 1. The van der Waals surface area contributed by atoms with Crippen LogP contribution in [-0.2, 0) is 10.4 Å². The van der Waals surface area contributed by atoms with E-state index in [0.717, 1.165) is 12.8 Å². The standard InChI is InChI=1S/C13H14O4/c14-12-3-1-2-6-13(12,15)9-4-5-10-11(7-9)17-8-16-10/h4-5,7,15H,1-3,6,8H2. The molecule has 1 N–H and O–H groups in total. The summed E-state index contributed by atoms with van der Waals surface area (Å²) in [5.41, 5.74) is -0.717. The average Bonchev–Trinajstić information content (AvgIpc) is 2.80. The number of hydrogen-bond acceptors (Lipinski definition) is 4. The molecule has 2 aliphatic rings. The second kappa shape index (κ2) is 3.74. The van der Waals surface area contributed by atoms with E-state index in [1.807, 2.05) is 0 Å². The predicted octanol–water partition coefficient (Wildman–Crippen LogP) is 1.75. The summed E-state index contributed by atoms with van der Waals surface area (Å²) in [4.78, 5) is 11.9. The molecule has 1 saturated carbocycles. The van der Waals surface area contributed by atoms with Crippen LogP contribution >= 0.6 is 0 Å². The highest BCUT2D eigenvalue weighted by molar-refractivity contribution is 5.89. The second-order valence-electron chi connectivity index (χ2n) is 4.56. The SMILES string of the molecule is O=C1CCCCC1(O)c1ccc2c(c1)OCO2. The molecule has 1 aliphatic heterocycles. The predicted molar refractivity (Wildman–Crippen MR) is 59.9 cm³/mol. The molecule has 3 rings (SSSR count). The molecule has 4 nitrogen and oxygen atoms in total. The van der Waals surface area contributed by atoms with Crippen molar-refractivity contribution in [2.45, 2.75) is 31.3 Å². The Hall–Kier alpha value is -1.55. The summed E-state index contributed by atoms with van der Waals surface area (Å²) < 4.78 is 10.5. The van der Waals surface area contributed by atoms with Crippen LogP contribution in [0.1, 0.15) is 31.2 Å². The van der Waals surface area contributed by atoms with Crippen molar-refractivity contribution in [3.05, 3.63) is 23.8 Å². The number of aliphatic hydroxyl groups is 1. The molecular formula is C13H14O4. The number of Topliss-reactive ketones (excluding diaryl/α,β-unsaturated/α-hetero) is 1. The highest BCUT2D eigenvalue weighted by atomic mass is 16.7. The maximum absolute atomic E-state index is 11.9. The Labute approximate surface area is 99.2 Å². The zero-order valence-electron chi connectivity index (χ0n) is 9.44. The van der Waals surface area contributed by atoms with Crippen molar-refractivity contribution < 1.29 is 19.4 Å². The first kappa shape index (κ1) is 10.6. The van der Waals surface area contributed by atoms with Crippen LogP contribution in [0.5, 0.6) is 11.5 Å². The van der Waals surface area contributed by atoms with Gasteiger partial charge >= 0.3 is 0 Å². The van der Waals surface area contributed by atoms with Crippen molar-refractivity contribution in [3.63, 3.8) is 0 Å². The quantitative estimate of drug-likeness (QED) is 0.804. The maximum atomic E-state index is 11.9. The molecule has 1 aromatic rings. The number of carbonyl (C=O) groups excluding carboxylic acids is 1. The number of rotatable bonds is 1. The molecule has 1 aromatic carbocycles. The summed E-state index contributed by atoms with van der Waals surface area (Å²) >= 11 is 0. The smallest absolute Gasteiger partial charge is 0.231 e. The first-order chi connectivity index (χ1) is 8.20. The molecule has 1 fully saturated rings. The third kappa shape index (κ3) is 1.60. The van der Waals surface area contributed by atoms with Crippen LogP contribution in [0.15, 0.2) is 18.2 Å². The minimum absolute atomic E-state index is 0.0948. The monoisotopic (exact) mass is 234 g/mol. The van der Waals surface area contributed by atoms with E-state index in [1.165, 1.54) is 0 Å². The van der Waals surface area contributed by atoms with Gasteiger partial charge in [-0.05, 0) is 37.0 Å². The average molecular weight is 234 g/mol. The summed E-state index contributed by atoms with van der Waals surface area (Å²) in [6.45, 7) is 0.200. The Balaban J connectivity index is 2.00. The summed E-state index contributed by atoms with van der Waals surface area (Å²) in [6.07, 6.45) is 2.68. The van der Waals surface area contributed by atoms with Gasteiger partial charge in [-0.3, -0.25) is 4.79 Å². The zero-order chi connectivity index (χ0) is 11.9. The molecule has 1 unspecified atom stereocenters. The van der Waals surface area contributed by atoms with Gasteiger partial charge in [0.1, 0.15) is 5.60 Å². The van der Waals surface area contributed by atoms with Crippen molar-refractivity contribution in [2.75, 3.05) is 6.79 Å². The van der Waals surface area contributed by atoms with Gasteiger partial charge in [0, 0.05) is 6.42 Å². The molecule has 0 aromatic heterocycles. The normalized spacial score (nSPS) is 27.2. The fourth-order valence-corrected chi connectivity index (χ4v) is 2.47. The van der Waals surface area contributed by atoms with Crippen molar-refractivity contribution in [2.24, 2.45) is 0 Å². The van der Waals surface area contributed by atoms with E-state index >= 15 is 0 Å². The van der Waals surface area contributed by atoms with E-state index in [0.29, 0.717) is 29.9 Å². The highest BCUT2D eigenvalue weighted by Gasteiger charge is 2.39. The molecule has 0 saturated heterocycles. The first-order valence-electron chi connectivity index (χ1n) is 5.86. The van der Waals surface area contributed by atoms with Gasteiger partial charge in [-0.2, -0.15) is 0 Å². The lowest BCUT2D eigenvalue weighted by Crippen LogP contribution is -2.38. The molecule has 0 spiro atoms. The van der Waals surface area contributed by atoms with Crippen LogP contribution in [0, 0.1) is 0 Å². The third-order valence-corrected chi connectivity index (χ3v) is 3.50. The van der Waals surface area contributed by atoms with Crippen LogP contribution in [0.3, 0.4) is 0 Å². The van der Waals surface area contributed by atoms with Crippen LogP contribution in [-0.4, -0.2) is 17.7 Å². The molecule has 1 heterocycles. The van der Waals surface area contributed by atoms with E-state index in [1.54, 1.807) is 18.2 Å². The van der Waals surface area contributed by atoms with Gasteiger partial charge in [0.2, 0.25) is 6.79 Å². The molecular weight excluding hydrogens is 220 g/mol. The van der Waals surface area contributed by atoms with Gasteiger partial charge in [-0.1, -0.05) is 6.07 Å². The van der Waals surface area contributed by atoms with E-state index < -0.39 is 5.60 Å². The van der Waals surface area contributed by atoms with Crippen molar-refractivity contribution >= 4 is 5.78 Å². The fraction of sp³-hybridized carbons (Fsp3) is 0.462. The Morgan fingerprint density at radius 3 is 2.82 bits per heavy atom. The van der Waals surface area contributed by atoms with Gasteiger partial charge in [0.25, 0.3) is 0 Å². The van der Waals surface area contributed by atoms with Crippen molar-refractivity contribution in [1.29, 1.82) is 0 Å². The van der Waals surface area contributed by atoms with Crippen LogP contribution in [0.25, 0.3) is 0 Å². The lowest BCUT2D eigenvalue weighted by molar-refractivity contribution is -0.142. The van der Waals surface area contributed by atoms with E-state index in [2.05, 4.69) is 0 Å². The van der Waals surface area contributed by atoms with E-state index in [-0.39, 0.29) is 12.6 Å². The molecule has 0 bridgehead atoms. The van der Waals surface area contributed by atoms with E-state index in [9.17, 15) is 9.90 Å². The molecule has 90 valence electrons. The lowest BCUT2D eigenvalue weighted by atomic mass is 9.78. The van der Waals surface area contributed by atoms with Gasteiger partial charge < -0.3 is 14.6 Å². The zero-order valence-corrected chi connectivity index (χ0v) is 9.44. The van der Waals surface area contributed by atoms with Gasteiger partial charge in [0.05, 0.1) is 0 Å². The molecule has 4 heteroatoms. The minimum atomic E-state index is -1.33. The van der Waals surface area contributed by atoms with Gasteiger partial charge in [-0.25, -0.2) is 0 Å². The molecule has 1 aliphatic carbocycles. The Morgan fingerprint density at radius 2 is 2.00 bits per heavy atom. The number of hydrogen-bond donors (Lipinski definition) is 1. The Kier molecular flexibility index (Phi) is 2.33. The first-order valence-corrected chi connectivity index (χ1v) is 5.86.